The van der Waals surface area contributed by atoms with E-state index in [-0.39, 0.29) is 0 Å². The van der Waals surface area contributed by atoms with Crippen LogP contribution in [0.3, 0.4) is 0 Å². The van der Waals surface area contributed by atoms with Crippen molar-refractivity contribution in [3.8, 4) is 11.1 Å². The minimum Gasteiger partial charge on any atom is -0.366 e. The third kappa shape index (κ3) is 3.08. The molecule has 120 valence electrons. The normalized spacial score (nSPS) is 10.4. The lowest BCUT2D eigenvalue weighted by atomic mass is 9.94. The van der Waals surface area contributed by atoms with Crippen molar-refractivity contribution in [3.05, 3.63) is 65.9 Å². The number of carbonyl (C=O) groups is 1. The standard InChI is InChI=1S/C18H17N5O/c1-11-12(2)16(18(19)24)5-4-15(11)13-3-6-17(22-7-13)23-14-8-20-10-21-9-14/h3-10H,1-2H3,(H2,19,24)(H,22,23). The zero-order chi connectivity index (χ0) is 17.1. The van der Waals surface area contributed by atoms with E-state index >= 15 is 0 Å². The lowest BCUT2D eigenvalue weighted by Gasteiger charge is -2.12. The molecule has 2 heterocycles. The first kappa shape index (κ1) is 15.6. The number of hydrogen-bond acceptors (Lipinski definition) is 5. The van der Waals surface area contributed by atoms with Gasteiger partial charge in [-0.2, -0.15) is 0 Å². The molecule has 0 radical (unpaired) electrons. The van der Waals surface area contributed by atoms with Crippen LogP contribution in [0.4, 0.5) is 11.5 Å². The summed E-state index contributed by atoms with van der Waals surface area (Å²) in [6.07, 6.45) is 6.62. The van der Waals surface area contributed by atoms with Crippen LogP contribution in [0, 0.1) is 13.8 Å². The number of primary amides is 1. The first-order valence-electron chi connectivity index (χ1n) is 7.44. The van der Waals surface area contributed by atoms with Crippen molar-refractivity contribution in [1.29, 1.82) is 0 Å². The molecular formula is C18H17N5O. The number of hydrogen-bond donors (Lipinski definition) is 2. The molecule has 6 nitrogen and oxygen atoms in total. The Balaban J connectivity index is 1.89. The third-order valence-electron chi connectivity index (χ3n) is 3.96. The molecule has 0 aliphatic rings. The second-order valence-electron chi connectivity index (χ2n) is 5.46. The number of amides is 1. The number of nitrogens with two attached hydrogens (primary N) is 1. The molecule has 0 fully saturated rings. The highest BCUT2D eigenvalue weighted by Crippen LogP contribution is 2.28. The van der Waals surface area contributed by atoms with Crippen molar-refractivity contribution in [1.82, 2.24) is 15.0 Å². The van der Waals surface area contributed by atoms with E-state index in [9.17, 15) is 4.79 Å². The summed E-state index contributed by atoms with van der Waals surface area (Å²) in [5.41, 5.74) is 10.6. The molecule has 0 spiro atoms. The van der Waals surface area contributed by atoms with Crippen molar-refractivity contribution in [2.45, 2.75) is 13.8 Å². The Morgan fingerprint density at radius 1 is 1.00 bits per heavy atom. The second kappa shape index (κ2) is 6.45. The van der Waals surface area contributed by atoms with Gasteiger partial charge >= 0.3 is 0 Å². The lowest BCUT2D eigenvalue weighted by molar-refractivity contribution is 0.0999. The van der Waals surface area contributed by atoms with Gasteiger partial charge in [-0.3, -0.25) is 4.79 Å². The smallest absolute Gasteiger partial charge is 0.248 e. The topological polar surface area (TPSA) is 93.8 Å². The molecule has 1 aromatic carbocycles. The number of carbonyl (C=O) groups excluding carboxylic acids is 1. The SMILES string of the molecule is Cc1c(C(N)=O)ccc(-c2ccc(Nc3cncnc3)nc2)c1C. The minimum atomic E-state index is -0.412. The van der Waals surface area contributed by atoms with Gasteiger partial charge in [0.25, 0.3) is 0 Å². The monoisotopic (exact) mass is 319 g/mol. The molecule has 1 amide bonds. The molecule has 3 N–H and O–H groups in total. The Labute approximate surface area is 139 Å². The summed E-state index contributed by atoms with van der Waals surface area (Å²) in [4.78, 5) is 23.8. The number of aromatic nitrogens is 3. The highest BCUT2D eigenvalue weighted by atomic mass is 16.1. The maximum atomic E-state index is 11.4. The summed E-state index contributed by atoms with van der Waals surface area (Å²) in [7, 11) is 0. The van der Waals surface area contributed by atoms with Gasteiger partial charge in [-0.05, 0) is 48.7 Å². The van der Waals surface area contributed by atoms with Crippen LogP contribution in [-0.4, -0.2) is 20.9 Å². The van der Waals surface area contributed by atoms with Crippen molar-refractivity contribution in [3.63, 3.8) is 0 Å². The fourth-order valence-electron chi connectivity index (χ4n) is 2.54. The average Bonchev–Trinajstić information content (AvgIpc) is 2.59. The predicted molar refractivity (Wildman–Crippen MR) is 93.0 cm³/mol. The van der Waals surface area contributed by atoms with Gasteiger partial charge in [0.2, 0.25) is 5.91 Å². The fourth-order valence-corrected chi connectivity index (χ4v) is 2.54. The van der Waals surface area contributed by atoms with Crippen LogP contribution in [0.15, 0.2) is 49.2 Å². The molecule has 0 saturated heterocycles. The molecule has 2 aromatic heterocycles. The second-order valence-corrected chi connectivity index (χ2v) is 5.46. The molecular weight excluding hydrogens is 302 g/mol. The molecule has 6 heteroatoms. The zero-order valence-electron chi connectivity index (χ0n) is 13.4. The molecule has 3 rings (SSSR count). The van der Waals surface area contributed by atoms with Gasteiger partial charge in [-0.15, -0.1) is 0 Å². The molecule has 24 heavy (non-hydrogen) atoms. The van der Waals surface area contributed by atoms with E-state index in [1.165, 1.54) is 6.33 Å². The highest BCUT2D eigenvalue weighted by molar-refractivity contribution is 5.95. The molecule has 0 bridgehead atoms. The van der Waals surface area contributed by atoms with Crippen molar-refractivity contribution < 1.29 is 4.79 Å². The maximum Gasteiger partial charge on any atom is 0.248 e. The number of nitrogens with one attached hydrogen (secondary N) is 1. The van der Waals surface area contributed by atoms with Crippen LogP contribution in [0.2, 0.25) is 0 Å². The Hall–Kier alpha value is -3.28. The van der Waals surface area contributed by atoms with E-state index in [2.05, 4.69) is 20.3 Å². The van der Waals surface area contributed by atoms with Gasteiger partial charge in [0.05, 0.1) is 18.1 Å². The Morgan fingerprint density at radius 3 is 2.38 bits per heavy atom. The Kier molecular flexibility index (Phi) is 4.20. The highest BCUT2D eigenvalue weighted by Gasteiger charge is 2.11. The van der Waals surface area contributed by atoms with Crippen molar-refractivity contribution in [2.24, 2.45) is 5.73 Å². The summed E-state index contributed by atoms with van der Waals surface area (Å²) in [5, 5.41) is 3.14. The van der Waals surface area contributed by atoms with Crippen LogP contribution in [-0.2, 0) is 0 Å². The average molecular weight is 319 g/mol. The fraction of sp³-hybridized carbons (Fsp3) is 0.111. The zero-order valence-corrected chi connectivity index (χ0v) is 13.4. The first-order chi connectivity index (χ1) is 11.6. The summed E-state index contributed by atoms with van der Waals surface area (Å²) in [6, 6.07) is 7.52. The van der Waals surface area contributed by atoms with E-state index in [0.29, 0.717) is 11.4 Å². The largest absolute Gasteiger partial charge is 0.366 e. The van der Waals surface area contributed by atoms with Gasteiger partial charge < -0.3 is 11.1 Å². The van der Waals surface area contributed by atoms with Crippen LogP contribution in [0.25, 0.3) is 11.1 Å². The summed E-state index contributed by atoms with van der Waals surface area (Å²) >= 11 is 0. The molecule has 3 aromatic rings. The number of benzene rings is 1. The molecule has 0 atom stereocenters. The predicted octanol–water partition coefficient (Wildman–Crippen LogP) is 3.00. The maximum absolute atomic E-state index is 11.4. The summed E-state index contributed by atoms with van der Waals surface area (Å²) in [6.45, 7) is 3.88. The van der Waals surface area contributed by atoms with Crippen molar-refractivity contribution in [2.75, 3.05) is 5.32 Å². The number of nitrogens with zero attached hydrogens (tertiary/aromatic N) is 3. The van der Waals surface area contributed by atoms with Crippen LogP contribution in [0.5, 0.6) is 0 Å². The van der Waals surface area contributed by atoms with Gasteiger partial charge in [0.1, 0.15) is 12.1 Å². The number of pyridine rings is 1. The van der Waals surface area contributed by atoms with Gasteiger partial charge in [0.15, 0.2) is 0 Å². The van der Waals surface area contributed by atoms with Gasteiger partial charge in [-0.25, -0.2) is 15.0 Å². The molecule has 0 unspecified atom stereocenters. The van der Waals surface area contributed by atoms with Crippen LogP contribution in [0.1, 0.15) is 21.5 Å². The van der Waals surface area contributed by atoms with E-state index in [4.69, 9.17) is 5.73 Å². The van der Waals surface area contributed by atoms with Crippen molar-refractivity contribution >= 4 is 17.4 Å². The lowest BCUT2D eigenvalue weighted by Crippen LogP contribution is -2.13. The van der Waals surface area contributed by atoms with E-state index in [0.717, 1.165) is 27.9 Å². The van der Waals surface area contributed by atoms with Gasteiger partial charge in [0, 0.05) is 17.3 Å². The molecule has 0 aliphatic carbocycles. The third-order valence-corrected chi connectivity index (χ3v) is 3.96. The summed E-state index contributed by atoms with van der Waals surface area (Å²) < 4.78 is 0. The van der Waals surface area contributed by atoms with E-state index in [1.807, 2.05) is 32.0 Å². The van der Waals surface area contributed by atoms with E-state index < -0.39 is 5.91 Å². The minimum absolute atomic E-state index is 0.412. The first-order valence-corrected chi connectivity index (χ1v) is 7.44. The number of anilines is 2. The van der Waals surface area contributed by atoms with Crippen LogP contribution >= 0.6 is 0 Å². The quantitative estimate of drug-likeness (QED) is 0.771. The van der Waals surface area contributed by atoms with Gasteiger partial charge in [-0.1, -0.05) is 6.07 Å². The molecule has 0 saturated carbocycles. The van der Waals surface area contributed by atoms with E-state index in [1.54, 1.807) is 24.7 Å². The number of rotatable bonds is 4. The summed E-state index contributed by atoms with van der Waals surface area (Å²) in [5.74, 6) is 0.293. The Morgan fingerprint density at radius 2 is 1.75 bits per heavy atom. The Bertz CT molecular complexity index is 876. The molecule has 0 aliphatic heterocycles. The van der Waals surface area contributed by atoms with Crippen LogP contribution < -0.4 is 11.1 Å².